The Morgan fingerprint density at radius 2 is 1.54 bits per heavy atom. The van der Waals surface area contributed by atoms with Gasteiger partial charge in [0, 0.05) is 45.3 Å². The third-order valence-corrected chi connectivity index (χ3v) is 7.06. The molecule has 8 nitrogen and oxygen atoms in total. The van der Waals surface area contributed by atoms with Crippen LogP contribution in [0.2, 0.25) is 0 Å². The lowest BCUT2D eigenvalue weighted by atomic mass is 10.2. The Morgan fingerprint density at radius 1 is 0.893 bits per heavy atom. The Bertz CT molecular complexity index is 923. The van der Waals surface area contributed by atoms with Crippen molar-refractivity contribution < 1.29 is 13.2 Å². The molecule has 0 unspecified atom stereocenters. The minimum Gasteiger partial charge on any atom is -0.378 e. The number of morpholine rings is 1. The summed E-state index contributed by atoms with van der Waals surface area (Å²) in [7, 11) is -3.46. The zero-order chi connectivity index (χ0) is 19.6. The van der Waals surface area contributed by atoms with Crippen LogP contribution in [0.1, 0.15) is 5.56 Å². The molecule has 1 aromatic carbocycles. The number of aryl methyl sites for hydroxylation is 1. The summed E-state index contributed by atoms with van der Waals surface area (Å²) in [5.74, 6) is 1.73. The zero-order valence-electron chi connectivity index (χ0n) is 16.0. The number of sulfonamides is 1. The molecule has 2 aliphatic heterocycles. The average Bonchev–Trinajstić information content (AvgIpc) is 2.74. The van der Waals surface area contributed by atoms with Crippen LogP contribution in [0, 0.1) is 6.92 Å². The Kier molecular flexibility index (Phi) is 5.47. The third-order valence-electron chi connectivity index (χ3n) is 5.16. The Hall–Kier alpha value is -2.23. The van der Waals surface area contributed by atoms with Crippen molar-refractivity contribution >= 4 is 21.7 Å². The molecular weight excluding hydrogens is 378 g/mol. The number of hydrogen-bond donors (Lipinski definition) is 0. The number of ether oxygens (including phenoxy) is 1. The maximum atomic E-state index is 12.9. The highest BCUT2D eigenvalue weighted by Crippen LogP contribution is 2.23. The van der Waals surface area contributed by atoms with Gasteiger partial charge in [-0.15, -0.1) is 0 Å². The lowest BCUT2D eigenvalue weighted by molar-refractivity contribution is 0.122. The van der Waals surface area contributed by atoms with Gasteiger partial charge < -0.3 is 14.5 Å². The molecule has 28 heavy (non-hydrogen) atoms. The van der Waals surface area contributed by atoms with E-state index in [0.29, 0.717) is 44.3 Å². The van der Waals surface area contributed by atoms with E-state index in [1.807, 2.05) is 19.1 Å². The van der Waals surface area contributed by atoms with Gasteiger partial charge in [-0.2, -0.15) is 4.31 Å². The van der Waals surface area contributed by atoms with Crippen molar-refractivity contribution in [3.05, 3.63) is 42.2 Å². The van der Waals surface area contributed by atoms with Crippen molar-refractivity contribution in [1.82, 2.24) is 14.3 Å². The van der Waals surface area contributed by atoms with Gasteiger partial charge in [0.1, 0.15) is 18.0 Å². The third kappa shape index (κ3) is 3.96. The maximum absolute atomic E-state index is 12.9. The molecule has 0 bridgehead atoms. The van der Waals surface area contributed by atoms with Crippen LogP contribution in [-0.4, -0.2) is 75.2 Å². The first kappa shape index (κ1) is 19.1. The lowest BCUT2D eigenvalue weighted by Crippen LogP contribution is -2.49. The summed E-state index contributed by atoms with van der Waals surface area (Å²) in [6, 6.07) is 9.05. The fourth-order valence-corrected chi connectivity index (χ4v) is 5.09. The van der Waals surface area contributed by atoms with E-state index in [9.17, 15) is 8.42 Å². The predicted molar refractivity (Wildman–Crippen MR) is 107 cm³/mol. The minimum atomic E-state index is -3.46. The highest BCUT2D eigenvalue weighted by molar-refractivity contribution is 7.89. The monoisotopic (exact) mass is 403 g/mol. The van der Waals surface area contributed by atoms with Gasteiger partial charge in [-0.25, -0.2) is 18.4 Å². The van der Waals surface area contributed by atoms with Crippen LogP contribution in [0.15, 0.2) is 41.6 Å². The second-order valence-electron chi connectivity index (χ2n) is 7.04. The molecule has 0 N–H and O–H groups in total. The maximum Gasteiger partial charge on any atom is 0.243 e. The first-order chi connectivity index (χ1) is 13.5. The first-order valence-electron chi connectivity index (χ1n) is 9.50. The summed E-state index contributed by atoms with van der Waals surface area (Å²) < 4.78 is 32.8. The van der Waals surface area contributed by atoms with E-state index in [1.165, 1.54) is 0 Å². The molecule has 0 spiro atoms. The smallest absolute Gasteiger partial charge is 0.243 e. The SMILES string of the molecule is Cc1cccc(S(=O)(=O)N2CCN(c3cc(N4CCOCC4)ncn3)CC2)c1. The van der Waals surface area contributed by atoms with Crippen molar-refractivity contribution in [3.8, 4) is 0 Å². The van der Waals surface area contributed by atoms with E-state index in [0.717, 1.165) is 30.3 Å². The average molecular weight is 404 g/mol. The van der Waals surface area contributed by atoms with Gasteiger partial charge in [-0.1, -0.05) is 12.1 Å². The van der Waals surface area contributed by atoms with Gasteiger partial charge in [0.15, 0.2) is 0 Å². The normalized spacial score (nSPS) is 19.0. The fourth-order valence-electron chi connectivity index (χ4n) is 3.56. The van der Waals surface area contributed by atoms with Crippen LogP contribution in [0.3, 0.4) is 0 Å². The van der Waals surface area contributed by atoms with E-state index in [-0.39, 0.29) is 0 Å². The van der Waals surface area contributed by atoms with E-state index in [4.69, 9.17) is 4.74 Å². The van der Waals surface area contributed by atoms with E-state index in [1.54, 1.807) is 28.8 Å². The summed E-state index contributed by atoms with van der Waals surface area (Å²) in [6.07, 6.45) is 1.58. The second-order valence-corrected chi connectivity index (χ2v) is 8.98. The van der Waals surface area contributed by atoms with Gasteiger partial charge >= 0.3 is 0 Å². The molecule has 4 rings (SSSR count). The molecule has 2 fully saturated rings. The Balaban J connectivity index is 1.44. The molecular formula is C19H25N5O3S. The van der Waals surface area contributed by atoms with Crippen LogP contribution in [0.4, 0.5) is 11.6 Å². The summed E-state index contributed by atoms with van der Waals surface area (Å²) in [5, 5.41) is 0. The summed E-state index contributed by atoms with van der Waals surface area (Å²) >= 11 is 0. The molecule has 2 saturated heterocycles. The summed E-state index contributed by atoms with van der Waals surface area (Å²) in [4.78, 5) is 13.5. The molecule has 2 aromatic rings. The molecule has 150 valence electrons. The van der Waals surface area contributed by atoms with Crippen LogP contribution in [0.5, 0.6) is 0 Å². The number of rotatable bonds is 4. The second kappa shape index (κ2) is 8.02. The van der Waals surface area contributed by atoms with E-state index >= 15 is 0 Å². The molecule has 2 aliphatic rings. The van der Waals surface area contributed by atoms with Crippen molar-refractivity contribution in [2.24, 2.45) is 0 Å². The molecule has 1 aromatic heterocycles. The Labute approximate surface area is 165 Å². The highest BCUT2D eigenvalue weighted by Gasteiger charge is 2.29. The largest absolute Gasteiger partial charge is 0.378 e. The molecule has 0 amide bonds. The first-order valence-corrected chi connectivity index (χ1v) is 10.9. The van der Waals surface area contributed by atoms with Crippen molar-refractivity contribution in [3.63, 3.8) is 0 Å². The topological polar surface area (TPSA) is 78.9 Å². The molecule has 0 atom stereocenters. The number of benzene rings is 1. The van der Waals surface area contributed by atoms with Crippen LogP contribution in [0.25, 0.3) is 0 Å². The van der Waals surface area contributed by atoms with Gasteiger partial charge in [0.25, 0.3) is 0 Å². The highest BCUT2D eigenvalue weighted by atomic mass is 32.2. The summed E-state index contributed by atoms with van der Waals surface area (Å²) in [6.45, 7) is 7.02. The molecule has 0 aliphatic carbocycles. The van der Waals surface area contributed by atoms with Crippen LogP contribution >= 0.6 is 0 Å². The van der Waals surface area contributed by atoms with Gasteiger partial charge in [-0.3, -0.25) is 0 Å². The summed E-state index contributed by atoms with van der Waals surface area (Å²) in [5.41, 5.74) is 0.941. The van der Waals surface area contributed by atoms with Crippen LogP contribution in [-0.2, 0) is 14.8 Å². The standard InChI is InChI=1S/C19H25N5O3S/c1-16-3-2-4-17(13-16)28(25,26)24-7-5-22(6-8-24)18-14-19(21-15-20-18)23-9-11-27-12-10-23/h2-4,13-15H,5-12H2,1H3. The van der Waals surface area contributed by atoms with Crippen molar-refractivity contribution in [1.29, 1.82) is 0 Å². The van der Waals surface area contributed by atoms with Gasteiger partial charge in [0.05, 0.1) is 18.1 Å². The van der Waals surface area contributed by atoms with Crippen molar-refractivity contribution in [2.45, 2.75) is 11.8 Å². The number of nitrogens with zero attached hydrogens (tertiary/aromatic N) is 5. The van der Waals surface area contributed by atoms with E-state index in [2.05, 4.69) is 19.8 Å². The minimum absolute atomic E-state index is 0.359. The van der Waals surface area contributed by atoms with Gasteiger partial charge in [-0.05, 0) is 24.6 Å². The number of anilines is 2. The number of hydrogen-bond acceptors (Lipinski definition) is 7. The van der Waals surface area contributed by atoms with Crippen molar-refractivity contribution in [2.75, 3.05) is 62.3 Å². The molecule has 3 heterocycles. The zero-order valence-corrected chi connectivity index (χ0v) is 16.8. The Morgan fingerprint density at radius 3 is 2.18 bits per heavy atom. The van der Waals surface area contributed by atoms with E-state index < -0.39 is 10.0 Å². The molecule has 0 radical (unpaired) electrons. The quantitative estimate of drug-likeness (QED) is 0.757. The van der Waals surface area contributed by atoms with Gasteiger partial charge in [0.2, 0.25) is 10.0 Å². The van der Waals surface area contributed by atoms with Crippen LogP contribution < -0.4 is 9.80 Å². The number of piperazine rings is 1. The number of aromatic nitrogens is 2. The molecule has 0 saturated carbocycles. The predicted octanol–water partition coefficient (Wildman–Crippen LogP) is 1.13. The lowest BCUT2D eigenvalue weighted by Gasteiger charge is -2.35. The fraction of sp³-hybridized carbons (Fsp3) is 0.474. The molecule has 9 heteroatoms.